The first-order chi connectivity index (χ1) is 12.5. The first-order valence-electron chi connectivity index (χ1n) is 8.38. The summed E-state index contributed by atoms with van der Waals surface area (Å²) in [5, 5.41) is 0. The molecule has 1 aliphatic heterocycles. The van der Waals surface area contributed by atoms with Gasteiger partial charge in [0.2, 0.25) is 10.0 Å². The Morgan fingerprint density at radius 2 is 1.81 bits per heavy atom. The fraction of sp³-hybridized carbons (Fsp3) is 0.250. The second kappa shape index (κ2) is 7.53. The van der Waals surface area contributed by atoms with Crippen molar-refractivity contribution in [2.45, 2.75) is 30.5 Å². The molecule has 0 radical (unpaired) electrons. The first-order valence-corrected chi connectivity index (χ1v) is 9.82. The number of ketones is 1. The van der Waals surface area contributed by atoms with Gasteiger partial charge in [-0.05, 0) is 24.6 Å². The predicted molar refractivity (Wildman–Crippen MR) is 99.3 cm³/mol. The summed E-state index contributed by atoms with van der Waals surface area (Å²) in [6.07, 6.45) is 1.51. The third-order valence-electron chi connectivity index (χ3n) is 4.47. The van der Waals surface area contributed by atoms with Gasteiger partial charge >= 0.3 is 0 Å². The standard InChI is InChI=1S/C20H21NO4S/c1-3-17(14-25-13-16-9-5-4-6-10-16)21-15(2)20(22)18-11-7-8-12-19(18)26(21,23)24/h3-12,15,17H,1,13-14H2,2H3/t15-,17+/m0/s1. The molecule has 0 saturated heterocycles. The van der Waals surface area contributed by atoms with Crippen molar-refractivity contribution in [3.05, 3.63) is 78.4 Å². The topological polar surface area (TPSA) is 63.7 Å². The smallest absolute Gasteiger partial charge is 0.245 e. The Kier molecular flexibility index (Phi) is 5.36. The Morgan fingerprint density at radius 1 is 1.15 bits per heavy atom. The van der Waals surface area contributed by atoms with Crippen LogP contribution in [0.3, 0.4) is 0 Å². The van der Waals surface area contributed by atoms with Crippen molar-refractivity contribution in [2.24, 2.45) is 0 Å². The minimum atomic E-state index is -3.81. The van der Waals surface area contributed by atoms with Crippen LogP contribution in [0, 0.1) is 0 Å². The molecule has 0 fully saturated rings. The number of sulfonamides is 1. The fourth-order valence-electron chi connectivity index (χ4n) is 3.14. The number of hydrogen-bond acceptors (Lipinski definition) is 4. The summed E-state index contributed by atoms with van der Waals surface area (Å²) < 4.78 is 33.0. The minimum Gasteiger partial charge on any atom is -0.375 e. The average molecular weight is 371 g/mol. The number of carbonyl (C=O) groups excluding carboxylic acids is 1. The number of nitrogens with zero attached hydrogens (tertiary/aromatic N) is 1. The summed E-state index contributed by atoms with van der Waals surface area (Å²) in [6.45, 7) is 5.83. The molecule has 6 heteroatoms. The van der Waals surface area contributed by atoms with Crippen molar-refractivity contribution < 1.29 is 17.9 Å². The third-order valence-corrected chi connectivity index (χ3v) is 6.52. The highest BCUT2D eigenvalue weighted by Crippen LogP contribution is 2.31. The fourth-order valence-corrected chi connectivity index (χ4v) is 5.08. The molecule has 2 aromatic rings. The molecular weight excluding hydrogens is 350 g/mol. The molecule has 5 nitrogen and oxygen atoms in total. The quantitative estimate of drug-likeness (QED) is 0.732. The van der Waals surface area contributed by atoms with E-state index in [1.54, 1.807) is 25.1 Å². The zero-order valence-corrected chi connectivity index (χ0v) is 15.4. The monoisotopic (exact) mass is 371 g/mol. The van der Waals surface area contributed by atoms with Gasteiger partial charge in [-0.15, -0.1) is 6.58 Å². The molecular formula is C20H21NO4S. The van der Waals surface area contributed by atoms with Gasteiger partial charge in [0.1, 0.15) is 0 Å². The van der Waals surface area contributed by atoms with Crippen LogP contribution in [0.4, 0.5) is 0 Å². The molecule has 1 heterocycles. The molecule has 0 spiro atoms. The maximum atomic E-state index is 13.1. The normalized spacial score (nSPS) is 20.3. The van der Waals surface area contributed by atoms with Gasteiger partial charge in [-0.1, -0.05) is 48.5 Å². The van der Waals surface area contributed by atoms with Crippen molar-refractivity contribution in [3.63, 3.8) is 0 Å². The summed E-state index contributed by atoms with van der Waals surface area (Å²) >= 11 is 0. The summed E-state index contributed by atoms with van der Waals surface area (Å²) in [6, 6.07) is 14.5. The van der Waals surface area contributed by atoms with Crippen LogP contribution in [-0.4, -0.2) is 37.2 Å². The van der Waals surface area contributed by atoms with Crippen LogP contribution >= 0.6 is 0 Å². The summed E-state index contributed by atoms with van der Waals surface area (Å²) in [4.78, 5) is 12.7. The van der Waals surface area contributed by atoms with E-state index in [9.17, 15) is 13.2 Å². The molecule has 136 valence electrons. The van der Waals surface area contributed by atoms with Crippen molar-refractivity contribution in [2.75, 3.05) is 6.61 Å². The van der Waals surface area contributed by atoms with E-state index in [-0.39, 0.29) is 22.8 Å². The molecule has 26 heavy (non-hydrogen) atoms. The van der Waals surface area contributed by atoms with Gasteiger partial charge in [0.05, 0.1) is 30.2 Å². The van der Waals surface area contributed by atoms with E-state index >= 15 is 0 Å². The minimum absolute atomic E-state index is 0.0398. The van der Waals surface area contributed by atoms with Gasteiger partial charge in [0, 0.05) is 5.56 Å². The van der Waals surface area contributed by atoms with Crippen molar-refractivity contribution in [1.82, 2.24) is 4.31 Å². The summed E-state index contributed by atoms with van der Waals surface area (Å²) in [5.41, 5.74) is 1.23. The zero-order chi connectivity index (χ0) is 18.7. The van der Waals surface area contributed by atoms with Gasteiger partial charge in [-0.2, -0.15) is 4.31 Å². The molecule has 0 bridgehead atoms. The Bertz CT molecular complexity index is 908. The number of Topliss-reactive ketones (excluding diaryl/α,β-unsaturated/α-hetero) is 1. The van der Waals surface area contributed by atoms with Gasteiger partial charge in [-0.25, -0.2) is 8.42 Å². The first kappa shape index (κ1) is 18.5. The number of benzene rings is 2. The van der Waals surface area contributed by atoms with E-state index in [1.165, 1.54) is 16.4 Å². The maximum Gasteiger partial charge on any atom is 0.245 e. The van der Waals surface area contributed by atoms with E-state index in [0.29, 0.717) is 6.61 Å². The van der Waals surface area contributed by atoms with Crippen LogP contribution in [0.25, 0.3) is 0 Å². The van der Waals surface area contributed by atoms with Crippen LogP contribution in [0.5, 0.6) is 0 Å². The molecule has 2 aromatic carbocycles. The van der Waals surface area contributed by atoms with Gasteiger partial charge in [0.25, 0.3) is 0 Å². The molecule has 0 N–H and O–H groups in total. The van der Waals surface area contributed by atoms with E-state index in [0.717, 1.165) is 5.56 Å². The van der Waals surface area contributed by atoms with Gasteiger partial charge < -0.3 is 4.74 Å². The van der Waals surface area contributed by atoms with E-state index < -0.39 is 22.1 Å². The lowest BCUT2D eigenvalue weighted by Crippen LogP contribution is -2.53. The SMILES string of the molecule is C=C[C@H](COCc1ccccc1)N1[C@@H](C)C(=O)c2ccccc2S1(=O)=O. The van der Waals surface area contributed by atoms with E-state index in [1.807, 2.05) is 30.3 Å². The number of hydrogen-bond donors (Lipinski definition) is 0. The van der Waals surface area contributed by atoms with Crippen molar-refractivity contribution in [1.29, 1.82) is 0 Å². The number of ether oxygens (including phenoxy) is 1. The largest absolute Gasteiger partial charge is 0.375 e. The van der Waals surface area contributed by atoms with Gasteiger partial charge in [0.15, 0.2) is 5.78 Å². The molecule has 2 atom stereocenters. The molecule has 0 saturated carbocycles. The molecule has 0 amide bonds. The highest BCUT2D eigenvalue weighted by atomic mass is 32.2. The molecule has 0 aliphatic carbocycles. The number of carbonyl (C=O) groups is 1. The van der Waals surface area contributed by atoms with Crippen LogP contribution in [0.1, 0.15) is 22.8 Å². The lowest BCUT2D eigenvalue weighted by molar-refractivity contribution is 0.0705. The molecule has 1 aliphatic rings. The second-order valence-electron chi connectivity index (χ2n) is 6.18. The molecule has 0 aromatic heterocycles. The second-order valence-corrected chi connectivity index (χ2v) is 7.99. The highest BCUT2D eigenvalue weighted by Gasteiger charge is 2.44. The highest BCUT2D eigenvalue weighted by molar-refractivity contribution is 7.89. The Labute approximate surface area is 154 Å². The number of rotatable bonds is 6. The predicted octanol–water partition coefficient (Wildman–Crippen LogP) is 3.03. The third kappa shape index (κ3) is 3.35. The maximum absolute atomic E-state index is 13.1. The van der Waals surface area contributed by atoms with E-state index in [4.69, 9.17) is 4.74 Å². The van der Waals surface area contributed by atoms with Crippen LogP contribution in [0.2, 0.25) is 0 Å². The lowest BCUT2D eigenvalue weighted by Gasteiger charge is -2.36. The van der Waals surface area contributed by atoms with Gasteiger partial charge in [-0.3, -0.25) is 4.79 Å². The Morgan fingerprint density at radius 3 is 2.50 bits per heavy atom. The number of fused-ring (bicyclic) bond motifs is 1. The summed E-state index contributed by atoms with van der Waals surface area (Å²) in [7, 11) is -3.81. The van der Waals surface area contributed by atoms with Crippen molar-refractivity contribution >= 4 is 15.8 Å². The zero-order valence-electron chi connectivity index (χ0n) is 14.5. The Balaban J connectivity index is 1.83. The summed E-state index contributed by atoms with van der Waals surface area (Å²) in [5.74, 6) is -0.217. The lowest BCUT2D eigenvalue weighted by atomic mass is 10.0. The van der Waals surface area contributed by atoms with E-state index in [2.05, 4.69) is 6.58 Å². The van der Waals surface area contributed by atoms with Crippen LogP contribution in [0.15, 0.2) is 72.1 Å². The van der Waals surface area contributed by atoms with Crippen LogP contribution < -0.4 is 0 Å². The van der Waals surface area contributed by atoms with Crippen LogP contribution in [-0.2, 0) is 21.4 Å². The van der Waals surface area contributed by atoms with Crippen molar-refractivity contribution in [3.8, 4) is 0 Å². The average Bonchev–Trinajstić information content (AvgIpc) is 2.66. The Hall–Kier alpha value is -2.28. The molecule has 0 unspecified atom stereocenters. The molecule has 3 rings (SSSR count).